The van der Waals surface area contributed by atoms with Gasteiger partial charge in [-0.25, -0.2) is 9.48 Å². The first-order chi connectivity index (χ1) is 12.3. The van der Waals surface area contributed by atoms with Crippen molar-refractivity contribution in [2.45, 2.75) is 12.5 Å². The molecule has 6 heteroatoms. The highest BCUT2D eigenvalue weighted by atomic mass is 16.3. The first kappa shape index (κ1) is 16.7. The van der Waals surface area contributed by atoms with Gasteiger partial charge in [-0.15, -0.1) is 0 Å². The number of para-hydroxylation sites is 2. The molecule has 0 radical (unpaired) electrons. The molecule has 1 unspecified atom stereocenters. The number of hydrogen-bond acceptors (Lipinski definition) is 3. The van der Waals surface area contributed by atoms with Crippen molar-refractivity contribution in [2.75, 3.05) is 11.9 Å². The Hall–Kier alpha value is -3.12. The minimum Gasteiger partial charge on any atom is -0.394 e. The van der Waals surface area contributed by atoms with Gasteiger partial charge in [0.15, 0.2) is 0 Å². The van der Waals surface area contributed by atoms with Gasteiger partial charge in [0.1, 0.15) is 0 Å². The van der Waals surface area contributed by atoms with Gasteiger partial charge in [-0.05, 0) is 30.2 Å². The summed E-state index contributed by atoms with van der Waals surface area (Å²) in [5, 5.41) is 19.4. The highest BCUT2D eigenvalue weighted by Gasteiger charge is 2.14. The molecule has 25 heavy (non-hydrogen) atoms. The molecule has 1 aromatic heterocycles. The topological polar surface area (TPSA) is 79.2 Å². The Labute approximate surface area is 146 Å². The van der Waals surface area contributed by atoms with Crippen LogP contribution in [0.1, 0.15) is 5.56 Å². The summed E-state index contributed by atoms with van der Waals surface area (Å²) in [6.07, 6.45) is 4.05. The number of nitrogens with one attached hydrogen (secondary N) is 2. The normalized spacial score (nSPS) is 11.7. The van der Waals surface area contributed by atoms with Gasteiger partial charge in [-0.2, -0.15) is 5.10 Å². The molecule has 0 spiro atoms. The van der Waals surface area contributed by atoms with E-state index in [0.29, 0.717) is 12.1 Å². The third kappa shape index (κ3) is 4.45. The molecule has 128 valence electrons. The van der Waals surface area contributed by atoms with Crippen LogP contribution in [0.2, 0.25) is 0 Å². The standard InChI is InChI=1S/C19H20N4O2/c24-14-16(13-15-7-2-1-3-8-15)21-19(25)22-17-9-4-5-10-18(17)23-12-6-11-20-23/h1-12,16,24H,13-14H2,(H2,21,22,25). The number of amides is 2. The maximum atomic E-state index is 12.3. The molecular weight excluding hydrogens is 316 g/mol. The molecule has 0 aliphatic carbocycles. The smallest absolute Gasteiger partial charge is 0.319 e. The van der Waals surface area contributed by atoms with Crippen molar-refractivity contribution in [1.29, 1.82) is 0 Å². The predicted octanol–water partition coefficient (Wildman–Crippen LogP) is 2.60. The second kappa shape index (κ2) is 8.12. The lowest BCUT2D eigenvalue weighted by atomic mass is 10.1. The minimum absolute atomic E-state index is 0.136. The van der Waals surface area contributed by atoms with Crippen molar-refractivity contribution in [3.8, 4) is 5.69 Å². The van der Waals surface area contributed by atoms with E-state index in [1.165, 1.54) is 0 Å². The second-order valence-corrected chi connectivity index (χ2v) is 5.64. The van der Waals surface area contributed by atoms with Crippen LogP contribution in [0.5, 0.6) is 0 Å². The summed E-state index contributed by atoms with van der Waals surface area (Å²) in [5.41, 5.74) is 2.46. The van der Waals surface area contributed by atoms with Crippen molar-refractivity contribution in [1.82, 2.24) is 15.1 Å². The van der Waals surface area contributed by atoms with Crippen LogP contribution in [0.15, 0.2) is 73.1 Å². The summed E-state index contributed by atoms with van der Waals surface area (Å²) in [5.74, 6) is 0. The van der Waals surface area contributed by atoms with Gasteiger partial charge in [0.25, 0.3) is 0 Å². The fraction of sp³-hybridized carbons (Fsp3) is 0.158. The lowest BCUT2D eigenvalue weighted by molar-refractivity contribution is 0.224. The molecule has 2 aromatic carbocycles. The van der Waals surface area contributed by atoms with E-state index < -0.39 is 0 Å². The molecule has 1 atom stereocenters. The van der Waals surface area contributed by atoms with Crippen LogP contribution in [0, 0.1) is 0 Å². The summed E-state index contributed by atoms with van der Waals surface area (Å²) in [6.45, 7) is -0.136. The zero-order chi connectivity index (χ0) is 17.5. The maximum absolute atomic E-state index is 12.3. The van der Waals surface area contributed by atoms with Crippen LogP contribution >= 0.6 is 0 Å². The third-order valence-corrected chi connectivity index (χ3v) is 3.78. The van der Waals surface area contributed by atoms with Crippen molar-refractivity contribution in [3.63, 3.8) is 0 Å². The molecule has 0 saturated carbocycles. The molecule has 2 amide bonds. The number of nitrogens with zero attached hydrogens (tertiary/aromatic N) is 2. The van der Waals surface area contributed by atoms with Gasteiger partial charge in [0, 0.05) is 12.4 Å². The Morgan fingerprint density at radius 1 is 1.08 bits per heavy atom. The Bertz CT molecular complexity index is 803. The molecule has 0 bridgehead atoms. The van der Waals surface area contributed by atoms with E-state index in [1.54, 1.807) is 10.9 Å². The largest absolute Gasteiger partial charge is 0.394 e. The first-order valence-corrected chi connectivity index (χ1v) is 8.07. The Morgan fingerprint density at radius 3 is 2.56 bits per heavy atom. The highest BCUT2D eigenvalue weighted by Crippen LogP contribution is 2.18. The number of benzene rings is 2. The first-order valence-electron chi connectivity index (χ1n) is 8.07. The van der Waals surface area contributed by atoms with Gasteiger partial charge in [-0.1, -0.05) is 42.5 Å². The lowest BCUT2D eigenvalue weighted by Gasteiger charge is -2.18. The number of aliphatic hydroxyl groups excluding tert-OH is 1. The number of carbonyl (C=O) groups excluding carboxylic acids is 1. The van der Waals surface area contributed by atoms with E-state index in [1.807, 2.05) is 66.9 Å². The van der Waals surface area contributed by atoms with Crippen LogP contribution < -0.4 is 10.6 Å². The van der Waals surface area contributed by atoms with E-state index in [4.69, 9.17) is 0 Å². The monoisotopic (exact) mass is 336 g/mol. The fourth-order valence-corrected chi connectivity index (χ4v) is 2.59. The molecule has 1 heterocycles. The molecule has 3 N–H and O–H groups in total. The molecule has 0 aliphatic heterocycles. The summed E-state index contributed by atoms with van der Waals surface area (Å²) in [7, 11) is 0. The van der Waals surface area contributed by atoms with E-state index in [9.17, 15) is 9.90 Å². The average Bonchev–Trinajstić information content (AvgIpc) is 3.17. The fourth-order valence-electron chi connectivity index (χ4n) is 2.59. The van der Waals surface area contributed by atoms with Crippen LogP contribution in [0.4, 0.5) is 10.5 Å². The van der Waals surface area contributed by atoms with E-state index in [2.05, 4.69) is 15.7 Å². The maximum Gasteiger partial charge on any atom is 0.319 e. The van der Waals surface area contributed by atoms with Crippen LogP contribution in [-0.2, 0) is 6.42 Å². The highest BCUT2D eigenvalue weighted by molar-refractivity contribution is 5.91. The van der Waals surface area contributed by atoms with Gasteiger partial charge in [0.05, 0.1) is 24.0 Å². The van der Waals surface area contributed by atoms with E-state index in [-0.39, 0.29) is 18.7 Å². The second-order valence-electron chi connectivity index (χ2n) is 5.64. The van der Waals surface area contributed by atoms with Crippen molar-refractivity contribution in [3.05, 3.63) is 78.6 Å². The van der Waals surface area contributed by atoms with Crippen molar-refractivity contribution < 1.29 is 9.90 Å². The molecule has 0 saturated heterocycles. The Kier molecular flexibility index (Phi) is 5.43. The van der Waals surface area contributed by atoms with Gasteiger partial charge in [0.2, 0.25) is 0 Å². The number of carbonyl (C=O) groups is 1. The summed E-state index contributed by atoms with van der Waals surface area (Å²) < 4.78 is 1.68. The van der Waals surface area contributed by atoms with E-state index in [0.717, 1.165) is 11.3 Å². The van der Waals surface area contributed by atoms with Crippen LogP contribution in [0.25, 0.3) is 5.69 Å². The van der Waals surface area contributed by atoms with E-state index >= 15 is 0 Å². The number of aliphatic hydroxyl groups is 1. The summed E-state index contributed by atoms with van der Waals surface area (Å²) in [4.78, 5) is 12.3. The number of hydrogen-bond donors (Lipinski definition) is 3. The molecule has 6 nitrogen and oxygen atoms in total. The number of urea groups is 1. The number of aromatic nitrogens is 2. The molecule has 0 aliphatic rings. The third-order valence-electron chi connectivity index (χ3n) is 3.78. The Morgan fingerprint density at radius 2 is 1.84 bits per heavy atom. The van der Waals surface area contributed by atoms with Crippen LogP contribution in [0.3, 0.4) is 0 Å². The van der Waals surface area contributed by atoms with Crippen molar-refractivity contribution >= 4 is 11.7 Å². The summed E-state index contributed by atoms with van der Waals surface area (Å²) in [6, 6.07) is 18.2. The molecule has 3 aromatic rings. The minimum atomic E-state index is -0.366. The zero-order valence-electron chi connectivity index (χ0n) is 13.7. The quantitative estimate of drug-likeness (QED) is 0.647. The predicted molar refractivity (Wildman–Crippen MR) is 96.7 cm³/mol. The summed E-state index contributed by atoms with van der Waals surface area (Å²) >= 11 is 0. The Balaban J connectivity index is 1.66. The average molecular weight is 336 g/mol. The molecule has 0 fully saturated rings. The van der Waals surface area contributed by atoms with Crippen molar-refractivity contribution in [2.24, 2.45) is 0 Å². The lowest BCUT2D eigenvalue weighted by Crippen LogP contribution is -2.41. The SMILES string of the molecule is O=C(Nc1ccccc1-n1cccn1)NC(CO)Cc1ccccc1. The number of anilines is 1. The van der Waals surface area contributed by atoms with Crippen LogP contribution in [-0.4, -0.2) is 33.6 Å². The zero-order valence-corrected chi connectivity index (χ0v) is 13.7. The number of rotatable bonds is 6. The molecular formula is C19H20N4O2. The molecule has 3 rings (SSSR count). The van der Waals surface area contributed by atoms with Gasteiger partial charge >= 0.3 is 6.03 Å². The van der Waals surface area contributed by atoms with Gasteiger partial charge in [-0.3, -0.25) is 0 Å². The van der Waals surface area contributed by atoms with Gasteiger partial charge < -0.3 is 15.7 Å².